The highest BCUT2D eigenvalue weighted by molar-refractivity contribution is 6.01. The van der Waals surface area contributed by atoms with Crippen molar-refractivity contribution in [1.82, 2.24) is 9.78 Å². The number of carbonyl (C=O) groups excluding carboxylic acids is 1. The Labute approximate surface area is 93.7 Å². The third-order valence-corrected chi connectivity index (χ3v) is 3.24. The molecule has 0 bridgehead atoms. The van der Waals surface area contributed by atoms with Crippen molar-refractivity contribution in [3.8, 4) is 0 Å². The van der Waals surface area contributed by atoms with Crippen molar-refractivity contribution in [3.05, 3.63) is 53.3 Å². The first-order chi connectivity index (χ1) is 7.77. The fraction of sp³-hybridized carbons (Fsp3) is 0.231. The van der Waals surface area contributed by atoms with Crippen LogP contribution in [-0.4, -0.2) is 15.6 Å². The van der Waals surface area contributed by atoms with Gasteiger partial charge in [-0.2, -0.15) is 5.10 Å². The largest absolute Gasteiger partial charge is 0.292 e. The maximum absolute atomic E-state index is 12.2. The molecule has 1 aliphatic rings. The standard InChI is InChI=1S/C13H12N2O/c1-15-12(6-7-14-15)13(16)11-8-9-4-2-3-5-10(9)11/h2-7,11H,8H2,1H3. The Kier molecular flexibility index (Phi) is 1.93. The highest BCUT2D eigenvalue weighted by Crippen LogP contribution is 2.36. The molecule has 3 heteroatoms. The maximum Gasteiger partial charge on any atom is 0.188 e. The van der Waals surface area contributed by atoms with Crippen LogP contribution in [0, 0.1) is 0 Å². The fourth-order valence-electron chi connectivity index (χ4n) is 2.29. The summed E-state index contributed by atoms with van der Waals surface area (Å²) in [5.74, 6) is 0.213. The summed E-state index contributed by atoms with van der Waals surface area (Å²) in [7, 11) is 1.80. The molecular weight excluding hydrogens is 200 g/mol. The minimum atomic E-state index is 0.0339. The van der Waals surface area contributed by atoms with Gasteiger partial charge in [-0.3, -0.25) is 9.48 Å². The van der Waals surface area contributed by atoms with Gasteiger partial charge < -0.3 is 0 Å². The molecule has 1 heterocycles. The lowest BCUT2D eigenvalue weighted by Gasteiger charge is -2.28. The van der Waals surface area contributed by atoms with Gasteiger partial charge in [0.05, 0.1) is 5.92 Å². The first kappa shape index (κ1) is 9.33. The molecule has 0 spiro atoms. The third kappa shape index (κ3) is 1.21. The molecule has 0 amide bonds. The van der Waals surface area contributed by atoms with Gasteiger partial charge in [-0.05, 0) is 23.6 Å². The van der Waals surface area contributed by atoms with Gasteiger partial charge in [-0.15, -0.1) is 0 Å². The van der Waals surface area contributed by atoms with E-state index in [-0.39, 0.29) is 11.7 Å². The SMILES string of the molecule is Cn1nccc1C(=O)C1Cc2ccccc21. The lowest BCUT2D eigenvalue weighted by Crippen LogP contribution is -2.26. The molecule has 80 valence electrons. The van der Waals surface area contributed by atoms with Crippen LogP contribution in [0.3, 0.4) is 0 Å². The van der Waals surface area contributed by atoms with Crippen LogP contribution in [0.5, 0.6) is 0 Å². The van der Waals surface area contributed by atoms with E-state index < -0.39 is 0 Å². The molecule has 16 heavy (non-hydrogen) atoms. The van der Waals surface area contributed by atoms with Crippen molar-refractivity contribution in [2.75, 3.05) is 0 Å². The van der Waals surface area contributed by atoms with E-state index in [0.717, 1.165) is 6.42 Å². The second-order valence-corrected chi connectivity index (χ2v) is 4.16. The first-order valence-corrected chi connectivity index (χ1v) is 5.37. The molecular formula is C13H12N2O. The molecule has 3 nitrogen and oxygen atoms in total. The van der Waals surface area contributed by atoms with Crippen molar-refractivity contribution in [1.29, 1.82) is 0 Å². The Morgan fingerprint density at radius 3 is 2.88 bits per heavy atom. The molecule has 2 aromatic rings. The molecule has 1 aromatic carbocycles. The van der Waals surface area contributed by atoms with Crippen LogP contribution in [0.2, 0.25) is 0 Å². The highest BCUT2D eigenvalue weighted by Gasteiger charge is 2.33. The number of carbonyl (C=O) groups is 1. The Hall–Kier alpha value is -1.90. The van der Waals surface area contributed by atoms with E-state index in [9.17, 15) is 4.79 Å². The van der Waals surface area contributed by atoms with Gasteiger partial charge in [-0.25, -0.2) is 0 Å². The number of Topliss-reactive ketones (excluding diaryl/α,β-unsaturated/α-hetero) is 1. The zero-order valence-corrected chi connectivity index (χ0v) is 9.05. The van der Waals surface area contributed by atoms with E-state index in [1.54, 1.807) is 24.0 Å². The van der Waals surface area contributed by atoms with Crippen molar-refractivity contribution >= 4 is 5.78 Å². The Morgan fingerprint density at radius 1 is 1.38 bits per heavy atom. The number of aromatic nitrogens is 2. The minimum absolute atomic E-state index is 0.0339. The second kappa shape index (κ2) is 3.30. The number of hydrogen-bond donors (Lipinski definition) is 0. The number of hydrogen-bond acceptors (Lipinski definition) is 2. The fourth-order valence-corrected chi connectivity index (χ4v) is 2.29. The van der Waals surface area contributed by atoms with E-state index in [4.69, 9.17) is 0 Å². The van der Waals surface area contributed by atoms with Gasteiger partial charge in [0.25, 0.3) is 0 Å². The number of fused-ring (bicyclic) bond motifs is 1. The van der Waals surface area contributed by atoms with Crippen molar-refractivity contribution in [2.24, 2.45) is 7.05 Å². The molecule has 0 radical (unpaired) electrons. The van der Waals surface area contributed by atoms with Gasteiger partial charge in [-0.1, -0.05) is 24.3 Å². The lowest BCUT2D eigenvalue weighted by atomic mass is 9.74. The van der Waals surface area contributed by atoms with Crippen LogP contribution < -0.4 is 0 Å². The Bertz CT molecular complexity index is 557. The van der Waals surface area contributed by atoms with Gasteiger partial charge >= 0.3 is 0 Å². The zero-order valence-electron chi connectivity index (χ0n) is 9.05. The third-order valence-electron chi connectivity index (χ3n) is 3.24. The predicted octanol–water partition coefficient (Wildman–Crippen LogP) is 1.94. The molecule has 0 fully saturated rings. The predicted molar refractivity (Wildman–Crippen MR) is 60.4 cm³/mol. The Balaban J connectivity index is 1.93. The number of rotatable bonds is 2. The molecule has 1 unspecified atom stereocenters. The van der Waals surface area contributed by atoms with E-state index in [2.05, 4.69) is 11.2 Å². The summed E-state index contributed by atoms with van der Waals surface area (Å²) < 4.78 is 1.64. The summed E-state index contributed by atoms with van der Waals surface area (Å²) in [4.78, 5) is 12.2. The van der Waals surface area contributed by atoms with Crippen LogP contribution in [0.4, 0.5) is 0 Å². The van der Waals surface area contributed by atoms with E-state index >= 15 is 0 Å². The minimum Gasteiger partial charge on any atom is -0.292 e. The summed E-state index contributed by atoms with van der Waals surface area (Å²) in [5, 5.41) is 4.03. The van der Waals surface area contributed by atoms with Crippen LogP contribution in [0.25, 0.3) is 0 Å². The second-order valence-electron chi connectivity index (χ2n) is 4.16. The number of ketones is 1. The summed E-state index contributed by atoms with van der Waals surface area (Å²) in [5.41, 5.74) is 3.16. The number of aryl methyl sites for hydroxylation is 1. The molecule has 3 rings (SSSR count). The van der Waals surface area contributed by atoms with Gasteiger partial charge in [0.1, 0.15) is 5.69 Å². The van der Waals surface area contributed by atoms with Crippen LogP contribution >= 0.6 is 0 Å². The average Bonchev–Trinajstić information content (AvgIpc) is 2.66. The molecule has 0 aliphatic heterocycles. The molecule has 0 saturated carbocycles. The van der Waals surface area contributed by atoms with Gasteiger partial charge in [0.15, 0.2) is 5.78 Å². The van der Waals surface area contributed by atoms with Crippen LogP contribution in [0.15, 0.2) is 36.5 Å². The van der Waals surface area contributed by atoms with Crippen molar-refractivity contribution < 1.29 is 4.79 Å². The molecule has 1 atom stereocenters. The topological polar surface area (TPSA) is 34.9 Å². The molecule has 0 N–H and O–H groups in total. The Morgan fingerprint density at radius 2 is 2.19 bits per heavy atom. The molecule has 0 saturated heterocycles. The average molecular weight is 212 g/mol. The van der Waals surface area contributed by atoms with Crippen molar-refractivity contribution in [2.45, 2.75) is 12.3 Å². The summed E-state index contributed by atoms with van der Waals surface area (Å²) in [6.45, 7) is 0. The summed E-state index contributed by atoms with van der Waals surface area (Å²) in [6, 6.07) is 9.91. The van der Waals surface area contributed by atoms with Gasteiger partial charge in [0, 0.05) is 13.2 Å². The lowest BCUT2D eigenvalue weighted by molar-refractivity contribution is 0.0939. The highest BCUT2D eigenvalue weighted by atomic mass is 16.1. The smallest absolute Gasteiger partial charge is 0.188 e. The molecule has 1 aliphatic carbocycles. The maximum atomic E-state index is 12.2. The van der Waals surface area contributed by atoms with E-state index in [1.165, 1.54) is 11.1 Å². The number of benzene rings is 1. The van der Waals surface area contributed by atoms with Gasteiger partial charge in [0.2, 0.25) is 0 Å². The number of nitrogens with zero attached hydrogens (tertiary/aromatic N) is 2. The van der Waals surface area contributed by atoms with E-state index in [0.29, 0.717) is 5.69 Å². The zero-order chi connectivity index (χ0) is 11.1. The first-order valence-electron chi connectivity index (χ1n) is 5.37. The molecule has 1 aromatic heterocycles. The monoisotopic (exact) mass is 212 g/mol. The summed E-state index contributed by atoms with van der Waals surface area (Å²) in [6.07, 6.45) is 2.53. The summed E-state index contributed by atoms with van der Waals surface area (Å²) >= 11 is 0. The van der Waals surface area contributed by atoms with Crippen LogP contribution in [-0.2, 0) is 13.5 Å². The van der Waals surface area contributed by atoms with Crippen LogP contribution in [0.1, 0.15) is 27.5 Å². The van der Waals surface area contributed by atoms with Crippen molar-refractivity contribution in [3.63, 3.8) is 0 Å². The quantitative estimate of drug-likeness (QED) is 0.713. The van der Waals surface area contributed by atoms with E-state index in [1.807, 2.05) is 18.2 Å². The normalized spacial score (nSPS) is 17.7.